The van der Waals surface area contributed by atoms with Crippen LogP contribution in [0.5, 0.6) is 0 Å². The summed E-state index contributed by atoms with van der Waals surface area (Å²) in [5.41, 5.74) is 0. The molecule has 86 valence electrons. The Kier molecular flexibility index (Phi) is 5.01. The highest BCUT2D eigenvalue weighted by atomic mass is 32.2. The lowest BCUT2D eigenvalue weighted by Gasteiger charge is -2.18. The SMILES string of the molecule is CC.CC(C)(C)S(=O)(=O)c1ccccc1. The molecular formula is C12H20O2S. The van der Waals surface area contributed by atoms with E-state index in [1.807, 2.05) is 19.9 Å². The minimum atomic E-state index is -3.18. The van der Waals surface area contributed by atoms with Gasteiger partial charge in [0.25, 0.3) is 0 Å². The molecule has 0 atom stereocenters. The van der Waals surface area contributed by atoms with Crippen LogP contribution in [0.3, 0.4) is 0 Å². The molecule has 0 bridgehead atoms. The van der Waals surface area contributed by atoms with Crippen molar-refractivity contribution >= 4 is 9.84 Å². The first kappa shape index (κ1) is 14.2. The zero-order valence-electron chi connectivity index (χ0n) is 10.1. The molecule has 0 saturated heterocycles. The van der Waals surface area contributed by atoms with Crippen molar-refractivity contribution in [2.75, 3.05) is 0 Å². The van der Waals surface area contributed by atoms with Gasteiger partial charge in [-0.05, 0) is 32.9 Å². The van der Waals surface area contributed by atoms with Crippen molar-refractivity contribution in [2.45, 2.75) is 44.3 Å². The van der Waals surface area contributed by atoms with Gasteiger partial charge in [-0.15, -0.1) is 0 Å². The van der Waals surface area contributed by atoms with Crippen LogP contribution in [0.1, 0.15) is 34.6 Å². The summed E-state index contributed by atoms with van der Waals surface area (Å²) in [4.78, 5) is 0.391. The van der Waals surface area contributed by atoms with Crippen molar-refractivity contribution in [2.24, 2.45) is 0 Å². The van der Waals surface area contributed by atoms with E-state index in [2.05, 4.69) is 0 Å². The molecule has 1 aromatic rings. The van der Waals surface area contributed by atoms with Crippen molar-refractivity contribution in [3.63, 3.8) is 0 Å². The Morgan fingerprint density at radius 2 is 1.33 bits per heavy atom. The second-order valence-corrected chi connectivity index (χ2v) is 6.63. The summed E-state index contributed by atoms with van der Waals surface area (Å²) in [6, 6.07) is 8.53. The topological polar surface area (TPSA) is 34.1 Å². The normalized spacial score (nSPS) is 11.5. The van der Waals surface area contributed by atoms with Gasteiger partial charge in [-0.2, -0.15) is 0 Å². The first-order valence-corrected chi connectivity index (χ1v) is 6.64. The van der Waals surface area contributed by atoms with E-state index in [0.717, 1.165) is 0 Å². The molecule has 1 aromatic carbocycles. The number of hydrogen-bond acceptors (Lipinski definition) is 2. The fraction of sp³-hybridized carbons (Fsp3) is 0.500. The van der Waals surface area contributed by atoms with E-state index in [1.165, 1.54) is 0 Å². The molecule has 0 heterocycles. The van der Waals surface area contributed by atoms with Gasteiger partial charge in [0.2, 0.25) is 0 Å². The van der Waals surface area contributed by atoms with Crippen molar-refractivity contribution in [1.82, 2.24) is 0 Å². The van der Waals surface area contributed by atoms with Crippen LogP contribution in [-0.2, 0) is 9.84 Å². The summed E-state index contributed by atoms with van der Waals surface area (Å²) >= 11 is 0. The average molecular weight is 228 g/mol. The van der Waals surface area contributed by atoms with Gasteiger partial charge in [-0.1, -0.05) is 32.0 Å². The van der Waals surface area contributed by atoms with Crippen LogP contribution >= 0.6 is 0 Å². The van der Waals surface area contributed by atoms with Crippen molar-refractivity contribution < 1.29 is 8.42 Å². The van der Waals surface area contributed by atoms with E-state index in [1.54, 1.807) is 45.0 Å². The highest BCUT2D eigenvalue weighted by Gasteiger charge is 2.30. The summed E-state index contributed by atoms with van der Waals surface area (Å²) in [7, 11) is -3.18. The highest BCUT2D eigenvalue weighted by Crippen LogP contribution is 2.23. The second-order valence-electron chi connectivity index (χ2n) is 3.93. The second kappa shape index (κ2) is 5.31. The van der Waals surface area contributed by atoms with Crippen LogP contribution in [0.15, 0.2) is 35.2 Å². The third kappa shape index (κ3) is 3.34. The molecule has 1 rings (SSSR count). The highest BCUT2D eigenvalue weighted by molar-refractivity contribution is 7.92. The summed E-state index contributed by atoms with van der Waals surface area (Å²) < 4.78 is 23.0. The first-order chi connectivity index (χ1) is 6.86. The van der Waals surface area contributed by atoms with Gasteiger partial charge in [0.15, 0.2) is 9.84 Å². The van der Waals surface area contributed by atoms with Crippen LogP contribution in [0.2, 0.25) is 0 Å². The summed E-state index contributed by atoms with van der Waals surface area (Å²) in [6.45, 7) is 9.11. The van der Waals surface area contributed by atoms with Gasteiger partial charge >= 0.3 is 0 Å². The van der Waals surface area contributed by atoms with Crippen LogP contribution in [0, 0.1) is 0 Å². The molecule has 15 heavy (non-hydrogen) atoms. The van der Waals surface area contributed by atoms with E-state index < -0.39 is 14.6 Å². The molecule has 0 amide bonds. The van der Waals surface area contributed by atoms with Gasteiger partial charge in [-0.3, -0.25) is 0 Å². The van der Waals surface area contributed by atoms with Gasteiger partial charge in [0, 0.05) is 0 Å². The van der Waals surface area contributed by atoms with Crippen LogP contribution in [-0.4, -0.2) is 13.2 Å². The lowest BCUT2D eigenvalue weighted by Crippen LogP contribution is -2.27. The Bertz CT molecular complexity index is 372. The number of sulfone groups is 1. The zero-order valence-corrected chi connectivity index (χ0v) is 10.9. The zero-order chi connectivity index (χ0) is 12.1. The van der Waals surface area contributed by atoms with E-state index in [-0.39, 0.29) is 0 Å². The lowest BCUT2D eigenvalue weighted by atomic mass is 10.3. The van der Waals surface area contributed by atoms with Crippen LogP contribution in [0.4, 0.5) is 0 Å². The standard InChI is InChI=1S/C10H14O2S.C2H6/c1-10(2,3)13(11,12)9-7-5-4-6-8-9;1-2/h4-8H,1-3H3;1-2H3. The Morgan fingerprint density at radius 3 is 1.67 bits per heavy atom. The molecule has 2 nitrogen and oxygen atoms in total. The predicted octanol–water partition coefficient (Wildman–Crippen LogP) is 3.29. The molecule has 0 N–H and O–H groups in total. The molecule has 0 saturated carbocycles. The molecule has 0 fully saturated rings. The number of hydrogen-bond donors (Lipinski definition) is 0. The van der Waals surface area contributed by atoms with E-state index in [9.17, 15) is 8.42 Å². The van der Waals surface area contributed by atoms with Crippen molar-refractivity contribution in [3.8, 4) is 0 Å². The van der Waals surface area contributed by atoms with Crippen molar-refractivity contribution in [1.29, 1.82) is 0 Å². The largest absolute Gasteiger partial charge is 0.223 e. The third-order valence-electron chi connectivity index (χ3n) is 1.86. The van der Waals surface area contributed by atoms with E-state index in [4.69, 9.17) is 0 Å². The molecular weight excluding hydrogens is 208 g/mol. The van der Waals surface area contributed by atoms with Crippen molar-refractivity contribution in [3.05, 3.63) is 30.3 Å². The quantitative estimate of drug-likeness (QED) is 0.739. The molecule has 0 spiro atoms. The molecule has 0 aliphatic heterocycles. The fourth-order valence-electron chi connectivity index (χ4n) is 0.953. The molecule has 0 unspecified atom stereocenters. The molecule has 3 heteroatoms. The molecule has 0 aliphatic rings. The van der Waals surface area contributed by atoms with Gasteiger partial charge in [0.05, 0.1) is 9.64 Å². The average Bonchev–Trinajstić information content (AvgIpc) is 2.20. The van der Waals surface area contributed by atoms with Gasteiger partial charge in [0.1, 0.15) is 0 Å². The Morgan fingerprint density at radius 1 is 0.933 bits per heavy atom. The lowest BCUT2D eigenvalue weighted by molar-refractivity contribution is 0.560. The maximum absolute atomic E-state index is 11.9. The molecule has 0 aliphatic carbocycles. The van der Waals surface area contributed by atoms with Gasteiger partial charge in [-0.25, -0.2) is 8.42 Å². The fourth-order valence-corrected chi connectivity index (χ4v) is 2.18. The maximum atomic E-state index is 11.9. The molecule has 0 radical (unpaired) electrons. The third-order valence-corrected chi connectivity index (χ3v) is 4.36. The summed E-state index contributed by atoms with van der Waals surface area (Å²) in [6.07, 6.45) is 0. The molecule has 0 aromatic heterocycles. The summed E-state index contributed by atoms with van der Waals surface area (Å²) in [5, 5.41) is 0. The first-order valence-electron chi connectivity index (χ1n) is 5.15. The van der Waals surface area contributed by atoms with E-state index in [0.29, 0.717) is 4.90 Å². The number of benzene rings is 1. The number of rotatable bonds is 1. The Balaban J connectivity index is 0.000000921. The minimum Gasteiger partial charge on any atom is -0.223 e. The minimum absolute atomic E-state index is 0.391. The predicted molar refractivity (Wildman–Crippen MR) is 64.7 cm³/mol. The Labute approximate surface area is 93.3 Å². The smallest absolute Gasteiger partial charge is 0.183 e. The van der Waals surface area contributed by atoms with Crippen LogP contribution in [0.25, 0.3) is 0 Å². The van der Waals surface area contributed by atoms with E-state index >= 15 is 0 Å². The Hall–Kier alpha value is -0.830. The maximum Gasteiger partial charge on any atom is 0.183 e. The van der Waals surface area contributed by atoms with Gasteiger partial charge < -0.3 is 0 Å². The van der Waals surface area contributed by atoms with Crippen LogP contribution < -0.4 is 0 Å². The monoisotopic (exact) mass is 228 g/mol. The summed E-state index contributed by atoms with van der Waals surface area (Å²) in [5.74, 6) is 0.